The van der Waals surface area contributed by atoms with Gasteiger partial charge in [-0.3, -0.25) is 14.4 Å². The summed E-state index contributed by atoms with van der Waals surface area (Å²) in [4.78, 5) is 32.1. The third kappa shape index (κ3) is 6.77. The fourth-order valence-electron chi connectivity index (χ4n) is 9.50. The van der Waals surface area contributed by atoms with Crippen LogP contribution >= 0.6 is 11.6 Å². The molecule has 3 aliphatic heterocycles. The van der Waals surface area contributed by atoms with Gasteiger partial charge < -0.3 is 19.2 Å². The molecule has 1 spiro atoms. The highest BCUT2D eigenvalue weighted by Gasteiger charge is 2.50. The molecular formula is C39H52ClN3O5S. The summed E-state index contributed by atoms with van der Waals surface area (Å²) in [5.74, 6) is 5.04. The van der Waals surface area contributed by atoms with Crippen molar-refractivity contribution in [3.8, 4) is 5.75 Å². The summed E-state index contributed by atoms with van der Waals surface area (Å²) in [6.45, 7) is 9.88. The summed E-state index contributed by atoms with van der Waals surface area (Å²) < 4.78 is 29.1. The number of aldehydes is 1. The number of rotatable bonds is 3. The van der Waals surface area contributed by atoms with Crippen molar-refractivity contribution in [1.82, 2.24) is 9.62 Å². The highest BCUT2D eigenvalue weighted by molar-refractivity contribution is 7.99. The van der Waals surface area contributed by atoms with Gasteiger partial charge in [0.15, 0.2) is 0 Å². The molecule has 49 heavy (non-hydrogen) atoms. The van der Waals surface area contributed by atoms with Crippen LogP contribution in [0.3, 0.4) is 0 Å². The van der Waals surface area contributed by atoms with Crippen molar-refractivity contribution in [2.24, 2.45) is 23.2 Å². The number of aryl methyl sites for hydroxylation is 1. The Kier molecular flexibility index (Phi) is 9.85. The van der Waals surface area contributed by atoms with Crippen molar-refractivity contribution in [3.05, 3.63) is 58.1 Å². The first-order valence-corrected chi connectivity index (χ1v) is 20.4. The Bertz CT molecular complexity index is 1680. The normalized spacial score (nSPS) is 35.6. The second-order valence-corrected chi connectivity index (χ2v) is 18.5. The molecule has 3 heterocycles. The summed E-state index contributed by atoms with van der Waals surface area (Å²) in [7, 11) is -2.95. The van der Waals surface area contributed by atoms with E-state index in [0.29, 0.717) is 31.3 Å². The molecule has 1 unspecified atom stereocenters. The molecule has 7 rings (SSSR count). The number of carbonyl (C=O) groups excluding carboxylic acids is 2. The zero-order chi connectivity index (χ0) is 34.4. The summed E-state index contributed by atoms with van der Waals surface area (Å²) >= 11 is 6.48. The molecule has 1 saturated carbocycles. The Balaban J connectivity index is 1.31. The molecule has 0 radical (unpaired) electrons. The molecule has 2 aromatic rings. The van der Waals surface area contributed by atoms with Gasteiger partial charge in [-0.25, -0.2) is 4.21 Å². The standard InChI is InChI=1S/C39H52ClN3O5S/c1-27-6-4-14-38(25-44,23-42-16-18-47-19-17-42)34-11-8-31(34)22-43-24-39(15-5-7-29-20-32(40)10-12-33(29)39)26-48-36-13-9-30(21-35(36)43)37(45)41-49(3,46)28(27)2/h9-10,12-13,20-21,25,27-28,31,34H,3-8,11,14-19,22-24,26H2,1-2H3,(H,41,45,46)/t27-,28+,31-,34+,38+,39-,49?/m0/s1. The lowest BCUT2D eigenvalue weighted by Gasteiger charge is -2.52. The van der Waals surface area contributed by atoms with Crippen LogP contribution in [0, 0.1) is 23.2 Å². The SMILES string of the molecule is C=S1(=O)NC(=O)c2ccc3c(c2)N(C[C@@H]2CC[C@H]2[C@@](C=O)(CN2CCOCC2)CCC[C@H](C)[C@H]1C)C[C@@]1(CCCc2cc(Cl)ccc21)CO3. The Labute approximate surface area is 297 Å². The van der Waals surface area contributed by atoms with Crippen LogP contribution in [0.1, 0.15) is 80.3 Å². The number of hydrogen-bond donors (Lipinski definition) is 1. The third-order valence-electron chi connectivity index (χ3n) is 12.7. The minimum absolute atomic E-state index is 0.0588. The molecule has 8 nitrogen and oxygen atoms in total. The number of carbonyl (C=O) groups is 2. The van der Waals surface area contributed by atoms with Crippen molar-refractivity contribution in [1.29, 1.82) is 0 Å². The van der Waals surface area contributed by atoms with Crippen LogP contribution in [0.15, 0.2) is 36.4 Å². The smallest absolute Gasteiger partial charge is 0.262 e. The van der Waals surface area contributed by atoms with Gasteiger partial charge in [0.1, 0.15) is 12.0 Å². The number of fused-ring (bicyclic) bond motifs is 4. The first kappa shape index (κ1) is 34.8. The quantitative estimate of drug-likeness (QED) is 0.313. The van der Waals surface area contributed by atoms with E-state index in [9.17, 15) is 13.8 Å². The Morgan fingerprint density at radius 3 is 2.65 bits per heavy atom. The number of hydrogen-bond acceptors (Lipinski definition) is 7. The van der Waals surface area contributed by atoms with Gasteiger partial charge in [0, 0.05) is 59.4 Å². The van der Waals surface area contributed by atoms with Gasteiger partial charge in [0.05, 0.1) is 35.2 Å². The van der Waals surface area contributed by atoms with Gasteiger partial charge in [-0.05, 0) is 117 Å². The van der Waals surface area contributed by atoms with Crippen molar-refractivity contribution in [2.45, 2.75) is 75.9 Å². The number of ether oxygens (including phenoxy) is 2. The maximum atomic E-state index is 14.0. The number of nitrogens with one attached hydrogen (secondary N) is 1. The molecule has 0 aromatic heterocycles. The van der Waals surface area contributed by atoms with Crippen LogP contribution in [0.5, 0.6) is 5.75 Å². The highest BCUT2D eigenvalue weighted by Crippen LogP contribution is 2.51. The van der Waals surface area contributed by atoms with Crippen LogP contribution in [-0.4, -0.2) is 85.0 Å². The third-order valence-corrected chi connectivity index (χ3v) is 15.2. The molecule has 1 saturated heterocycles. The lowest BCUT2D eigenvalue weighted by molar-refractivity contribution is -0.128. The van der Waals surface area contributed by atoms with Crippen LogP contribution in [0.2, 0.25) is 5.02 Å². The molecule has 1 N–H and O–H groups in total. The maximum Gasteiger partial charge on any atom is 0.262 e. The van der Waals surface area contributed by atoms with E-state index in [1.54, 1.807) is 6.07 Å². The summed E-state index contributed by atoms with van der Waals surface area (Å²) in [6, 6.07) is 11.9. The van der Waals surface area contributed by atoms with E-state index in [-0.39, 0.29) is 28.4 Å². The summed E-state index contributed by atoms with van der Waals surface area (Å²) in [6.07, 6.45) is 8.86. The monoisotopic (exact) mass is 709 g/mol. The average Bonchev–Trinajstić information content (AvgIpc) is 3.22. The second kappa shape index (κ2) is 13.9. The first-order chi connectivity index (χ1) is 23.5. The molecule has 1 amide bonds. The predicted octanol–water partition coefficient (Wildman–Crippen LogP) is 5.93. The molecule has 5 aliphatic rings. The topological polar surface area (TPSA) is 88.2 Å². The van der Waals surface area contributed by atoms with Crippen molar-refractivity contribution >= 4 is 45.1 Å². The van der Waals surface area contributed by atoms with E-state index >= 15 is 0 Å². The van der Waals surface area contributed by atoms with Crippen LogP contribution in [0.4, 0.5) is 5.69 Å². The molecule has 2 aromatic carbocycles. The second-order valence-electron chi connectivity index (χ2n) is 15.7. The molecule has 7 atom stereocenters. The van der Waals surface area contributed by atoms with E-state index in [0.717, 1.165) is 101 Å². The van der Waals surface area contributed by atoms with Crippen molar-refractivity contribution in [3.63, 3.8) is 0 Å². The van der Waals surface area contributed by atoms with Gasteiger partial charge in [-0.15, -0.1) is 0 Å². The van der Waals surface area contributed by atoms with E-state index in [4.69, 9.17) is 21.1 Å². The molecule has 10 heteroatoms. The number of benzene rings is 2. The maximum absolute atomic E-state index is 14.0. The van der Waals surface area contributed by atoms with Gasteiger partial charge in [0.25, 0.3) is 5.91 Å². The fraction of sp³-hybridized carbons (Fsp3) is 0.615. The van der Waals surface area contributed by atoms with E-state index in [1.165, 1.54) is 17.4 Å². The number of halogens is 1. The number of nitrogens with zero attached hydrogens (tertiary/aromatic N) is 2. The Morgan fingerprint density at radius 2 is 1.90 bits per heavy atom. The van der Waals surface area contributed by atoms with Gasteiger partial charge in [-0.1, -0.05) is 31.0 Å². The summed E-state index contributed by atoms with van der Waals surface area (Å²) in [5, 5.41) is 0.425. The average molecular weight is 710 g/mol. The molecule has 2 aliphatic carbocycles. The highest BCUT2D eigenvalue weighted by atomic mass is 35.5. The fourth-order valence-corrected chi connectivity index (χ4v) is 11.2. The summed E-state index contributed by atoms with van der Waals surface area (Å²) in [5.41, 5.74) is 3.18. The minimum atomic E-state index is -2.95. The van der Waals surface area contributed by atoms with Gasteiger partial charge in [0.2, 0.25) is 0 Å². The van der Waals surface area contributed by atoms with Gasteiger partial charge in [-0.2, -0.15) is 0 Å². The van der Waals surface area contributed by atoms with Crippen LogP contribution in [-0.2, 0) is 31.1 Å². The number of amides is 1. The Hall–Kier alpha value is -2.59. The van der Waals surface area contributed by atoms with Gasteiger partial charge >= 0.3 is 0 Å². The minimum Gasteiger partial charge on any atom is -0.490 e. The zero-order valence-corrected chi connectivity index (χ0v) is 30.7. The lowest BCUT2D eigenvalue weighted by Crippen LogP contribution is -2.55. The zero-order valence-electron chi connectivity index (χ0n) is 29.1. The van der Waals surface area contributed by atoms with Crippen LogP contribution in [0.25, 0.3) is 0 Å². The molecule has 2 fully saturated rings. The largest absolute Gasteiger partial charge is 0.490 e. The molecule has 266 valence electrons. The first-order valence-electron chi connectivity index (χ1n) is 18.3. The number of morpholine rings is 1. The molecular weight excluding hydrogens is 658 g/mol. The van der Waals surface area contributed by atoms with Crippen molar-refractivity contribution < 1.29 is 23.3 Å². The van der Waals surface area contributed by atoms with Crippen LogP contribution < -0.4 is 14.4 Å². The van der Waals surface area contributed by atoms with E-state index in [1.807, 2.05) is 25.1 Å². The lowest BCUT2D eigenvalue weighted by atomic mass is 9.57. The number of anilines is 1. The molecule has 2 bridgehead atoms. The van der Waals surface area contributed by atoms with Crippen molar-refractivity contribution in [2.75, 3.05) is 57.4 Å². The predicted molar refractivity (Wildman–Crippen MR) is 197 cm³/mol. The van der Waals surface area contributed by atoms with E-state index < -0.39 is 15.1 Å². The Morgan fingerprint density at radius 1 is 1.08 bits per heavy atom. The van der Waals surface area contributed by atoms with E-state index in [2.05, 4.69) is 39.4 Å².